The molecule has 2 aromatic carbocycles. The molecule has 5 nitrogen and oxygen atoms in total. The van der Waals surface area contributed by atoms with Crippen molar-refractivity contribution in [2.45, 2.75) is 12.1 Å². The highest BCUT2D eigenvalue weighted by molar-refractivity contribution is 7.99. The van der Waals surface area contributed by atoms with E-state index in [9.17, 15) is 18.4 Å². The fourth-order valence-electron chi connectivity index (χ4n) is 2.89. The van der Waals surface area contributed by atoms with Crippen LogP contribution in [0.1, 0.15) is 5.56 Å². The van der Waals surface area contributed by atoms with Gasteiger partial charge in [0.2, 0.25) is 5.91 Å². The van der Waals surface area contributed by atoms with Gasteiger partial charge in [-0.2, -0.15) is 0 Å². The molecule has 0 aliphatic heterocycles. The molecule has 0 aliphatic rings. The Hall–Kier alpha value is -2.75. The number of carbonyl (C=O) groups excluding carboxylic acids is 1. The number of thioether (sulfide) groups is 1. The predicted octanol–water partition coefficient (Wildman–Crippen LogP) is 5.42. The van der Waals surface area contributed by atoms with Gasteiger partial charge in [0, 0.05) is 0 Å². The zero-order valence-corrected chi connectivity index (χ0v) is 18.4. The minimum atomic E-state index is -0.530. The molecular weight excluding hydrogens is 464 g/mol. The number of nitrogens with one attached hydrogen (secondary N) is 1. The van der Waals surface area contributed by atoms with E-state index in [1.165, 1.54) is 40.2 Å². The molecule has 1 amide bonds. The van der Waals surface area contributed by atoms with Gasteiger partial charge in [-0.1, -0.05) is 23.4 Å². The van der Waals surface area contributed by atoms with E-state index in [1.54, 1.807) is 24.4 Å². The second kappa shape index (κ2) is 8.78. The Morgan fingerprint density at radius 3 is 2.81 bits per heavy atom. The summed E-state index contributed by atoms with van der Waals surface area (Å²) < 4.78 is 29.0. The third-order valence-electron chi connectivity index (χ3n) is 4.38. The molecule has 0 aliphatic carbocycles. The minimum Gasteiger partial charge on any atom is -0.324 e. The highest BCUT2D eigenvalue weighted by atomic mass is 35.5. The SMILES string of the molecule is Cc1cc(-n2c(SCC(=O)Nc3cc(F)ccc3Cl)nc3ccsc3c2=O)ccc1F. The summed E-state index contributed by atoms with van der Waals surface area (Å²) >= 11 is 8.28. The molecule has 2 aromatic heterocycles. The molecule has 0 saturated carbocycles. The van der Waals surface area contributed by atoms with Gasteiger partial charge in [0.15, 0.2) is 5.16 Å². The Morgan fingerprint density at radius 2 is 2.03 bits per heavy atom. The molecule has 4 aromatic rings. The molecule has 0 atom stereocenters. The van der Waals surface area contributed by atoms with Crippen LogP contribution in [0.25, 0.3) is 15.9 Å². The van der Waals surface area contributed by atoms with Crippen molar-refractivity contribution in [3.8, 4) is 5.69 Å². The van der Waals surface area contributed by atoms with Gasteiger partial charge < -0.3 is 5.32 Å². The van der Waals surface area contributed by atoms with E-state index in [1.807, 2.05) is 0 Å². The van der Waals surface area contributed by atoms with Gasteiger partial charge in [0.05, 0.1) is 27.7 Å². The minimum absolute atomic E-state index is 0.102. The highest BCUT2D eigenvalue weighted by Gasteiger charge is 2.17. The van der Waals surface area contributed by atoms with Gasteiger partial charge >= 0.3 is 0 Å². The standard InChI is InChI=1S/C21H14ClF2N3O2S2/c1-11-8-13(3-5-15(11)24)27-20(29)19-16(6-7-30-19)26-21(27)31-10-18(28)25-17-9-12(23)2-4-14(17)22/h2-9H,10H2,1H3,(H,25,28). The number of nitrogens with zero attached hydrogens (tertiary/aromatic N) is 2. The van der Waals surface area contributed by atoms with E-state index < -0.39 is 11.7 Å². The fraction of sp³-hybridized carbons (Fsp3) is 0.0952. The number of rotatable bonds is 5. The van der Waals surface area contributed by atoms with E-state index >= 15 is 0 Å². The number of halogens is 3. The molecule has 0 spiro atoms. The van der Waals surface area contributed by atoms with Gasteiger partial charge in [-0.25, -0.2) is 13.8 Å². The van der Waals surface area contributed by atoms with Gasteiger partial charge in [0.1, 0.15) is 16.3 Å². The maximum Gasteiger partial charge on any atom is 0.276 e. The van der Waals surface area contributed by atoms with Crippen LogP contribution in [0, 0.1) is 18.6 Å². The lowest BCUT2D eigenvalue weighted by atomic mass is 10.2. The second-order valence-electron chi connectivity index (χ2n) is 6.56. The predicted molar refractivity (Wildman–Crippen MR) is 121 cm³/mol. The topological polar surface area (TPSA) is 64.0 Å². The summed E-state index contributed by atoms with van der Waals surface area (Å²) in [6.07, 6.45) is 0. The van der Waals surface area contributed by atoms with Crippen LogP contribution < -0.4 is 10.9 Å². The summed E-state index contributed by atoms with van der Waals surface area (Å²) in [4.78, 5) is 30.0. The van der Waals surface area contributed by atoms with Crippen molar-refractivity contribution in [2.75, 3.05) is 11.1 Å². The van der Waals surface area contributed by atoms with Crippen molar-refractivity contribution in [2.24, 2.45) is 0 Å². The van der Waals surface area contributed by atoms with Crippen LogP contribution in [-0.4, -0.2) is 21.2 Å². The normalized spacial score (nSPS) is 11.1. The summed E-state index contributed by atoms with van der Waals surface area (Å²) in [6.45, 7) is 1.60. The quantitative estimate of drug-likeness (QED) is 0.308. The van der Waals surface area contributed by atoms with Crippen molar-refractivity contribution in [1.82, 2.24) is 9.55 Å². The number of hydrogen-bond donors (Lipinski definition) is 1. The van der Waals surface area contributed by atoms with E-state index in [0.29, 0.717) is 21.5 Å². The van der Waals surface area contributed by atoms with E-state index in [2.05, 4.69) is 10.3 Å². The first-order chi connectivity index (χ1) is 14.8. The summed E-state index contributed by atoms with van der Waals surface area (Å²) in [5, 5.41) is 4.79. The number of amides is 1. The summed E-state index contributed by atoms with van der Waals surface area (Å²) in [5.74, 6) is -1.46. The van der Waals surface area contributed by atoms with Crippen LogP contribution in [0.3, 0.4) is 0 Å². The van der Waals surface area contributed by atoms with E-state index in [-0.39, 0.29) is 33.0 Å². The lowest BCUT2D eigenvalue weighted by molar-refractivity contribution is -0.113. The molecule has 0 fully saturated rings. The Morgan fingerprint density at radius 1 is 1.23 bits per heavy atom. The van der Waals surface area contributed by atoms with Crippen molar-refractivity contribution in [1.29, 1.82) is 0 Å². The molecule has 31 heavy (non-hydrogen) atoms. The summed E-state index contributed by atoms with van der Waals surface area (Å²) in [5.41, 5.74) is 1.19. The zero-order valence-electron chi connectivity index (χ0n) is 16.0. The zero-order chi connectivity index (χ0) is 22.1. The fourth-order valence-corrected chi connectivity index (χ4v) is 4.63. The van der Waals surface area contributed by atoms with Crippen molar-refractivity contribution in [3.05, 3.63) is 80.4 Å². The Bertz CT molecular complexity index is 1370. The van der Waals surface area contributed by atoms with Gasteiger partial charge in [-0.05, 0) is 60.3 Å². The van der Waals surface area contributed by atoms with Crippen LogP contribution in [0.2, 0.25) is 5.02 Å². The van der Waals surface area contributed by atoms with Crippen LogP contribution >= 0.6 is 34.7 Å². The monoisotopic (exact) mass is 477 g/mol. The lowest BCUT2D eigenvalue weighted by Gasteiger charge is -2.13. The first kappa shape index (κ1) is 21.5. The smallest absolute Gasteiger partial charge is 0.276 e. The number of aromatic nitrogens is 2. The number of fused-ring (bicyclic) bond motifs is 1. The first-order valence-electron chi connectivity index (χ1n) is 8.98. The molecular formula is C21H14ClF2N3O2S2. The van der Waals surface area contributed by atoms with Gasteiger partial charge in [0.25, 0.3) is 5.56 Å². The van der Waals surface area contributed by atoms with Crippen molar-refractivity contribution >= 4 is 56.5 Å². The maximum atomic E-state index is 13.7. The largest absolute Gasteiger partial charge is 0.324 e. The van der Waals surface area contributed by atoms with E-state index in [0.717, 1.165) is 17.8 Å². The average molecular weight is 478 g/mol. The molecule has 0 bridgehead atoms. The molecule has 0 unspecified atom stereocenters. The lowest BCUT2D eigenvalue weighted by Crippen LogP contribution is -2.22. The third-order valence-corrected chi connectivity index (χ3v) is 6.54. The molecule has 2 heterocycles. The molecule has 0 saturated heterocycles. The Balaban J connectivity index is 1.66. The van der Waals surface area contributed by atoms with Crippen LogP contribution in [0.5, 0.6) is 0 Å². The number of thiophene rings is 1. The van der Waals surface area contributed by atoms with Crippen molar-refractivity contribution in [3.63, 3.8) is 0 Å². The molecule has 0 radical (unpaired) electrons. The Labute approximate surface area is 188 Å². The maximum absolute atomic E-state index is 13.7. The Kier molecular flexibility index (Phi) is 6.08. The summed E-state index contributed by atoms with van der Waals surface area (Å²) in [6, 6.07) is 9.70. The van der Waals surface area contributed by atoms with Gasteiger partial charge in [-0.3, -0.25) is 14.2 Å². The molecule has 1 N–H and O–H groups in total. The third kappa shape index (κ3) is 4.48. The van der Waals surface area contributed by atoms with Crippen LogP contribution in [0.4, 0.5) is 14.5 Å². The number of hydrogen-bond acceptors (Lipinski definition) is 5. The second-order valence-corrected chi connectivity index (χ2v) is 8.83. The number of anilines is 1. The molecule has 10 heteroatoms. The molecule has 4 rings (SSSR count). The number of aryl methyl sites for hydroxylation is 1. The highest BCUT2D eigenvalue weighted by Crippen LogP contribution is 2.26. The van der Waals surface area contributed by atoms with Crippen LogP contribution in [0.15, 0.2) is 57.8 Å². The van der Waals surface area contributed by atoms with Crippen molar-refractivity contribution < 1.29 is 13.6 Å². The number of carbonyl (C=O) groups is 1. The first-order valence-corrected chi connectivity index (χ1v) is 11.2. The molecule has 158 valence electrons. The summed E-state index contributed by atoms with van der Waals surface area (Å²) in [7, 11) is 0. The number of benzene rings is 2. The van der Waals surface area contributed by atoms with E-state index in [4.69, 9.17) is 11.6 Å². The van der Waals surface area contributed by atoms with Gasteiger partial charge in [-0.15, -0.1) is 11.3 Å². The average Bonchev–Trinajstić information content (AvgIpc) is 3.20. The van der Waals surface area contributed by atoms with Crippen LogP contribution in [-0.2, 0) is 4.79 Å².